The predicted molar refractivity (Wildman–Crippen MR) is 170 cm³/mol. The number of carboxylic acids is 1. The van der Waals surface area contributed by atoms with Crippen molar-refractivity contribution in [2.45, 2.75) is 90.1 Å². The monoisotopic (exact) mass is 581 g/mol. The molecule has 0 amide bonds. The second kappa shape index (κ2) is 12.2. The Bertz CT molecular complexity index is 1640. The van der Waals surface area contributed by atoms with E-state index >= 15 is 0 Å². The summed E-state index contributed by atoms with van der Waals surface area (Å²) in [6.45, 7) is 9.63. The van der Waals surface area contributed by atoms with Gasteiger partial charge in [-0.25, -0.2) is 9.48 Å². The fourth-order valence-electron chi connectivity index (χ4n) is 6.08. The highest BCUT2D eigenvalue weighted by Crippen LogP contribution is 2.48. The van der Waals surface area contributed by atoms with Crippen molar-refractivity contribution in [3.8, 4) is 16.9 Å². The molecule has 0 atom stereocenters. The minimum atomic E-state index is -0.857. The third kappa shape index (κ3) is 6.17. The summed E-state index contributed by atoms with van der Waals surface area (Å²) in [6, 6.07) is 22.8. The van der Waals surface area contributed by atoms with Gasteiger partial charge >= 0.3 is 11.7 Å². The first-order valence-corrected chi connectivity index (χ1v) is 15.3. The number of ether oxygens (including phenoxy) is 1. The minimum Gasteiger partial charge on any atom is -0.496 e. The van der Waals surface area contributed by atoms with Crippen LogP contribution in [0.2, 0.25) is 0 Å². The van der Waals surface area contributed by atoms with Crippen LogP contribution in [0.3, 0.4) is 0 Å². The Morgan fingerprint density at radius 2 is 1.60 bits per heavy atom. The molecule has 1 saturated carbocycles. The number of nitrogens with zero attached hydrogens (tertiary/aromatic N) is 3. The van der Waals surface area contributed by atoms with Gasteiger partial charge < -0.3 is 9.84 Å². The Morgan fingerprint density at radius 1 is 0.953 bits per heavy atom. The first-order valence-electron chi connectivity index (χ1n) is 15.3. The van der Waals surface area contributed by atoms with Gasteiger partial charge in [-0.05, 0) is 78.0 Å². The van der Waals surface area contributed by atoms with Gasteiger partial charge in [-0.2, -0.15) is 5.10 Å². The van der Waals surface area contributed by atoms with Gasteiger partial charge in [0.15, 0.2) is 0 Å². The molecule has 226 valence electrons. The molecule has 5 rings (SSSR count). The highest BCUT2D eigenvalue weighted by Gasteiger charge is 2.47. The van der Waals surface area contributed by atoms with Gasteiger partial charge in [-0.15, -0.1) is 0 Å². The summed E-state index contributed by atoms with van der Waals surface area (Å²) in [7, 11) is 1.59. The topological polar surface area (TPSA) is 86.3 Å². The van der Waals surface area contributed by atoms with Crippen molar-refractivity contribution in [2.24, 2.45) is 0 Å². The van der Waals surface area contributed by atoms with Crippen LogP contribution >= 0.6 is 0 Å². The maximum atomic E-state index is 13.1. The van der Waals surface area contributed by atoms with Gasteiger partial charge in [-0.1, -0.05) is 81.8 Å². The normalized spacial score (nSPS) is 14.3. The molecule has 1 heterocycles. The van der Waals surface area contributed by atoms with Crippen LogP contribution in [-0.4, -0.2) is 32.5 Å². The smallest absolute Gasteiger partial charge is 0.346 e. The zero-order valence-electron chi connectivity index (χ0n) is 26.0. The zero-order valence-corrected chi connectivity index (χ0v) is 26.0. The first-order chi connectivity index (χ1) is 20.6. The van der Waals surface area contributed by atoms with E-state index in [1.165, 1.54) is 11.1 Å². The molecule has 0 spiro atoms. The number of aromatic nitrogens is 3. The number of aliphatic carboxylic acids is 1. The van der Waals surface area contributed by atoms with Crippen LogP contribution in [0.5, 0.6) is 5.75 Å². The van der Waals surface area contributed by atoms with E-state index in [9.17, 15) is 14.7 Å². The van der Waals surface area contributed by atoms with E-state index in [-0.39, 0.29) is 11.1 Å². The lowest BCUT2D eigenvalue weighted by molar-refractivity contribution is -0.147. The molecule has 1 N–H and O–H groups in total. The highest BCUT2D eigenvalue weighted by molar-refractivity contribution is 5.85. The molecule has 7 nitrogen and oxygen atoms in total. The van der Waals surface area contributed by atoms with Gasteiger partial charge in [0.25, 0.3) is 0 Å². The molecule has 7 heteroatoms. The predicted octanol–water partition coefficient (Wildman–Crippen LogP) is 6.77. The lowest BCUT2D eigenvalue weighted by atomic mass is 9.64. The highest BCUT2D eigenvalue weighted by atomic mass is 16.5. The molecular formula is C36H43N3O4. The second-order valence-electron chi connectivity index (χ2n) is 12.8. The fourth-order valence-corrected chi connectivity index (χ4v) is 6.08. The molecule has 1 aromatic heterocycles. The van der Waals surface area contributed by atoms with Crippen molar-refractivity contribution >= 4 is 5.97 Å². The van der Waals surface area contributed by atoms with E-state index in [1.54, 1.807) is 16.4 Å². The number of carboxylic acid groups (broad SMARTS) is 1. The van der Waals surface area contributed by atoms with E-state index in [2.05, 4.69) is 69.3 Å². The maximum absolute atomic E-state index is 13.1. The molecular weight excluding hydrogens is 538 g/mol. The summed E-state index contributed by atoms with van der Waals surface area (Å²) in [6.07, 6.45) is 4.65. The number of carbonyl (C=O) groups is 1. The third-order valence-corrected chi connectivity index (χ3v) is 8.95. The number of methoxy groups -OCH3 is 1. The average Bonchev–Trinajstić information content (AvgIpc) is 3.25. The van der Waals surface area contributed by atoms with Crippen LogP contribution in [0.25, 0.3) is 11.1 Å². The van der Waals surface area contributed by atoms with E-state index < -0.39 is 11.4 Å². The Hall–Kier alpha value is -4.13. The summed E-state index contributed by atoms with van der Waals surface area (Å²) in [4.78, 5) is 25.2. The van der Waals surface area contributed by atoms with Gasteiger partial charge in [0.1, 0.15) is 11.6 Å². The van der Waals surface area contributed by atoms with Crippen molar-refractivity contribution in [3.63, 3.8) is 0 Å². The molecule has 3 aromatic carbocycles. The van der Waals surface area contributed by atoms with Gasteiger partial charge in [0.2, 0.25) is 0 Å². The fraction of sp³-hybridized carbons (Fsp3) is 0.417. The standard InChI is InChI=1S/C36H43N3O4/c1-6-38-32(37-39(34(38)42)24-26-13-18-29(19-14-26)35(2,3)4)10-7-9-25-11-15-27(16-12-25)28-17-20-31(43-5)30(23-28)36(33(40)41)21-8-22-36/h11-20,23H,6-10,21-22,24H2,1-5H3,(H,40,41). The molecule has 0 bridgehead atoms. The van der Waals surface area contributed by atoms with Crippen molar-refractivity contribution in [3.05, 3.63) is 105 Å². The second-order valence-corrected chi connectivity index (χ2v) is 12.8. The van der Waals surface area contributed by atoms with Crippen LogP contribution in [0.1, 0.15) is 81.5 Å². The molecule has 43 heavy (non-hydrogen) atoms. The van der Waals surface area contributed by atoms with Crippen molar-refractivity contribution in [2.75, 3.05) is 7.11 Å². The van der Waals surface area contributed by atoms with Crippen LogP contribution in [0, 0.1) is 0 Å². The third-order valence-electron chi connectivity index (χ3n) is 8.95. The summed E-state index contributed by atoms with van der Waals surface area (Å²) in [5.41, 5.74) is 5.51. The molecule has 1 aliphatic carbocycles. The zero-order chi connectivity index (χ0) is 30.8. The van der Waals surface area contributed by atoms with Crippen molar-refractivity contribution in [1.82, 2.24) is 14.3 Å². The molecule has 1 fully saturated rings. The van der Waals surface area contributed by atoms with E-state index in [4.69, 9.17) is 9.84 Å². The Balaban J connectivity index is 1.24. The minimum absolute atomic E-state index is 0.0628. The summed E-state index contributed by atoms with van der Waals surface area (Å²) in [5.74, 6) is 0.677. The number of benzene rings is 3. The Labute approximate surface area is 254 Å². The molecule has 0 unspecified atom stereocenters. The number of aryl methyl sites for hydroxylation is 2. The SMILES string of the molecule is CCn1c(CCCc2ccc(-c3ccc(OC)c(C4(C(=O)O)CCC4)c3)cc2)nn(Cc2ccc(C(C)(C)C)cc2)c1=O. The lowest BCUT2D eigenvalue weighted by Gasteiger charge is -2.39. The molecule has 1 aliphatic rings. The quantitative estimate of drug-likeness (QED) is 0.211. The van der Waals surface area contributed by atoms with Crippen LogP contribution < -0.4 is 10.4 Å². The van der Waals surface area contributed by atoms with E-state index in [1.807, 2.05) is 25.1 Å². The molecule has 4 aromatic rings. The van der Waals surface area contributed by atoms with Crippen LogP contribution in [0.15, 0.2) is 71.5 Å². The average molecular weight is 582 g/mol. The first kappa shape index (κ1) is 30.3. The summed E-state index contributed by atoms with van der Waals surface area (Å²) in [5, 5.41) is 14.7. The summed E-state index contributed by atoms with van der Waals surface area (Å²) >= 11 is 0. The maximum Gasteiger partial charge on any atom is 0.346 e. The van der Waals surface area contributed by atoms with Gasteiger partial charge in [0, 0.05) is 18.5 Å². The van der Waals surface area contributed by atoms with Crippen molar-refractivity contribution < 1.29 is 14.6 Å². The molecule has 0 radical (unpaired) electrons. The lowest BCUT2D eigenvalue weighted by Crippen LogP contribution is -2.42. The number of hydrogen-bond acceptors (Lipinski definition) is 4. The number of rotatable bonds is 11. The number of hydrogen-bond donors (Lipinski definition) is 1. The van der Waals surface area contributed by atoms with Crippen LogP contribution in [0.4, 0.5) is 0 Å². The summed E-state index contributed by atoms with van der Waals surface area (Å²) < 4.78 is 8.91. The van der Waals surface area contributed by atoms with Crippen molar-refractivity contribution in [1.29, 1.82) is 0 Å². The molecule has 0 saturated heterocycles. The van der Waals surface area contributed by atoms with Gasteiger partial charge in [-0.3, -0.25) is 9.36 Å². The molecule has 0 aliphatic heterocycles. The van der Waals surface area contributed by atoms with Gasteiger partial charge in [0.05, 0.1) is 19.1 Å². The largest absolute Gasteiger partial charge is 0.496 e. The van der Waals surface area contributed by atoms with E-state index in [0.29, 0.717) is 31.7 Å². The Kier molecular flexibility index (Phi) is 8.63. The Morgan fingerprint density at radius 3 is 2.16 bits per heavy atom. The van der Waals surface area contributed by atoms with Crippen LogP contribution in [-0.2, 0) is 41.6 Å². The van der Waals surface area contributed by atoms with E-state index in [0.717, 1.165) is 53.8 Å².